The molecule has 2 aromatic rings. The van der Waals surface area contributed by atoms with Gasteiger partial charge in [0.2, 0.25) is 12.7 Å². The number of anilines is 2. The molecule has 0 radical (unpaired) electrons. The van der Waals surface area contributed by atoms with Gasteiger partial charge in [0.25, 0.3) is 0 Å². The highest BCUT2D eigenvalue weighted by atomic mass is 16.7. The lowest BCUT2D eigenvalue weighted by atomic mass is 10.0. The van der Waals surface area contributed by atoms with Gasteiger partial charge in [0.1, 0.15) is 0 Å². The first-order chi connectivity index (χ1) is 11.1. The second-order valence-electron chi connectivity index (χ2n) is 5.75. The summed E-state index contributed by atoms with van der Waals surface area (Å²) in [6, 6.07) is 13.4. The fraction of sp³-hybridized carbons (Fsp3) is 0.278. The number of carbonyl (C=O) groups excluding carboxylic acids is 1. The quantitative estimate of drug-likeness (QED) is 0.886. The highest BCUT2D eigenvalue weighted by Crippen LogP contribution is 2.34. The van der Waals surface area contributed by atoms with E-state index in [4.69, 9.17) is 9.47 Å². The molecule has 23 heavy (non-hydrogen) atoms. The topological polar surface area (TPSA) is 59.6 Å². The molecule has 0 spiro atoms. The summed E-state index contributed by atoms with van der Waals surface area (Å²) in [7, 11) is 0. The van der Waals surface area contributed by atoms with Gasteiger partial charge in [-0.3, -0.25) is 4.79 Å². The molecule has 1 heterocycles. The van der Waals surface area contributed by atoms with Crippen LogP contribution in [0.1, 0.15) is 25.3 Å². The molecule has 0 aromatic heterocycles. The molecule has 0 saturated carbocycles. The Hall–Kier alpha value is -2.69. The lowest BCUT2D eigenvalue weighted by Gasteiger charge is -2.10. The molecule has 2 N–H and O–H groups in total. The monoisotopic (exact) mass is 312 g/mol. The first kappa shape index (κ1) is 15.2. The summed E-state index contributed by atoms with van der Waals surface area (Å²) in [6.07, 6.45) is 0. The van der Waals surface area contributed by atoms with Gasteiger partial charge in [-0.1, -0.05) is 26.0 Å². The van der Waals surface area contributed by atoms with Gasteiger partial charge in [0, 0.05) is 17.4 Å². The molecule has 3 rings (SSSR count). The molecule has 0 saturated heterocycles. The number of rotatable bonds is 5. The number of carbonyl (C=O) groups is 1. The summed E-state index contributed by atoms with van der Waals surface area (Å²) in [5.74, 6) is 1.80. The van der Waals surface area contributed by atoms with Gasteiger partial charge in [0.05, 0.1) is 6.54 Å². The number of ether oxygens (including phenoxy) is 2. The summed E-state index contributed by atoms with van der Waals surface area (Å²) < 4.78 is 10.6. The maximum atomic E-state index is 12.0. The number of hydrogen-bond donors (Lipinski definition) is 2. The smallest absolute Gasteiger partial charge is 0.243 e. The molecular weight excluding hydrogens is 292 g/mol. The largest absolute Gasteiger partial charge is 0.454 e. The molecular formula is C18H20N2O3. The van der Waals surface area contributed by atoms with E-state index in [1.54, 1.807) is 0 Å². The first-order valence-electron chi connectivity index (χ1n) is 7.65. The van der Waals surface area contributed by atoms with Gasteiger partial charge in [-0.25, -0.2) is 0 Å². The van der Waals surface area contributed by atoms with Crippen LogP contribution in [0.5, 0.6) is 11.5 Å². The molecule has 0 bridgehead atoms. The van der Waals surface area contributed by atoms with Crippen molar-refractivity contribution in [3.8, 4) is 11.5 Å². The van der Waals surface area contributed by atoms with Crippen LogP contribution >= 0.6 is 0 Å². The van der Waals surface area contributed by atoms with Crippen LogP contribution in [0.4, 0.5) is 11.4 Å². The van der Waals surface area contributed by atoms with E-state index in [-0.39, 0.29) is 19.2 Å². The highest BCUT2D eigenvalue weighted by Gasteiger charge is 2.13. The van der Waals surface area contributed by atoms with Gasteiger partial charge in [-0.05, 0) is 35.7 Å². The normalized spacial score (nSPS) is 12.3. The van der Waals surface area contributed by atoms with Crippen LogP contribution in [0.25, 0.3) is 0 Å². The zero-order valence-corrected chi connectivity index (χ0v) is 13.3. The maximum absolute atomic E-state index is 12.0. The Bertz CT molecular complexity index is 696. The molecule has 0 unspecified atom stereocenters. The third-order valence-electron chi connectivity index (χ3n) is 3.69. The maximum Gasteiger partial charge on any atom is 0.243 e. The molecule has 5 nitrogen and oxygen atoms in total. The van der Waals surface area contributed by atoms with Gasteiger partial charge < -0.3 is 20.1 Å². The van der Waals surface area contributed by atoms with E-state index in [0.717, 1.165) is 17.1 Å². The van der Waals surface area contributed by atoms with Crippen LogP contribution in [0.15, 0.2) is 42.5 Å². The predicted molar refractivity (Wildman–Crippen MR) is 90.2 cm³/mol. The Morgan fingerprint density at radius 1 is 1.04 bits per heavy atom. The Balaban J connectivity index is 1.53. The minimum atomic E-state index is -0.0973. The van der Waals surface area contributed by atoms with E-state index >= 15 is 0 Å². The van der Waals surface area contributed by atoms with Crippen molar-refractivity contribution >= 4 is 17.3 Å². The van der Waals surface area contributed by atoms with Crippen molar-refractivity contribution in [2.75, 3.05) is 24.0 Å². The number of amides is 1. The van der Waals surface area contributed by atoms with E-state index in [9.17, 15) is 4.79 Å². The van der Waals surface area contributed by atoms with E-state index in [1.807, 2.05) is 42.5 Å². The van der Waals surface area contributed by atoms with Crippen molar-refractivity contribution in [1.82, 2.24) is 0 Å². The van der Waals surface area contributed by atoms with Gasteiger partial charge >= 0.3 is 0 Å². The fourth-order valence-corrected chi connectivity index (χ4v) is 2.35. The second-order valence-corrected chi connectivity index (χ2v) is 5.75. The van der Waals surface area contributed by atoms with Crippen LogP contribution in [-0.2, 0) is 4.79 Å². The van der Waals surface area contributed by atoms with E-state index < -0.39 is 0 Å². The SMILES string of the molecule is CC(C)c1ccc(NC(=O)CNc2ccc3c(c2)OCO3)cc1. The Labute approximate surface area is 135 Å². The number of hydrogen-bond acceptors (Lipinski definition) is 4. The van der Waals surface area contributed by atoms with Crippen LogP contribution in [0, 0.1) is 0 Å². The van der Waals surface area contributed by atoms with Crippen molar-refractivity contribution in [1.29, 1.82) is 0 Å². The zero-order valence-electron chi connectivity index (χ0n) is 13.3. The van der Waals surface area contributed by atoms with Crippen molar-refractivity contribution < 1.29 is 14.3 Å². The molecule has 1 amide bonds. The number of fused-ring (bicyclic) bond motifs is 1. The molecule has 0 atom stereocenters. The molecule has 1 aliphatic rings. The van der Waals surface area contributed by atoms with Crippen molar-refractivity contribution in [3.63, 3.8) is 0 Å². The average molecular weight is 312 g/mol. The minimum absolute atomic E-state index is 0.0973. The lowest BCUT2D eigenvalue weighted by Crippen LogP contribution is -2.21. The van der Waals surface area contributed by atoms with Crippen LogP contribution in [0.2, 0.25) is 0 Å². The van der Waals surface area contributed by atoms with Crippen LogP contribution < -0.4 is 20.1 Å². The molecule has 0 aliphatic carbocycles. The summed E-state index contributed by atoms with van der Waals surface area (Å²) in [5.41, 5.74) is 2.87. The third kappa shape index (κ3) is 3.74. The molecule has 120 valence electrons. The summed E-state index contributed by atoms with van der Waals surface area (Å²) in [4.78, 5) is 12.0. The van der Waals surface area contributed by atoms with Crippen LogP contribution in [0.3, 0.4) is 0 Å². The molecule has 0 fully saturated rings. The fourth-order valence-electron chi connectivity index (χ4n) is 2.35. The Kier molecular flexibility index (Phi) is 4.37. The first-order valence-corrected chi connectivity index (χ1v) is 7.65. The van der Waals surface area contributed by atoms with Crippen molar-refractivity contribution in [2.24, 2.45) is 0 Å². The van der Waals surface area contributed by atoms with Crippen molar-refractivity contribution in [3.05, 3.63) is 48.0 Å². The molecule has 1 aliphatic heterocycles. The van der Waals surface area contributed by atoms with Gasteiger partial charge in [0.15, 0.2) is 11.5 Å². The van der Waals surface area contributed by atoms with Gasteiger partial charge in [-0.2, -0.15) is 0 Å². The van der Waals surface area contributed by atoms with Crippen molar-refractivity contribution in [2.45, 2.75) is 19.8 Å². The summed E-state index contributed by atoms with van der Waals surface area (Å²) >= 11 is 0. The minimum Gasteiger partial charge on any atom is -0.454 e. The number of benzene rings is 2. The highest BCUT2D eigenvalue weighted by molar-refractivity contribution is 5.93. The van der Waals surface area contributed by atoms with E-state index in [0.29, 0.717) is 11.7 Å². The van der Waals surface area contributed by atoms with E-state index in [2.05, 4.69) is 24.5 Å². The zero-order chi connectivity index (χ0) is 16.2. The summed E-state index contributed by atoms with van der Waals surface area (Å²) in [6.45, 7) is 4.71. The lowest BCUT2D eigenvalue weighted by molar-refractivity contribution is -0.114. The second kappa shape index (κ2) is 6.60. The van der Waals surface area contributed by atoms with E-state index in [1.165, 1.54) is 5.56 Å². The third-order valence-corrected chi connectivity index (χ3v) is 3.69. The molecule has 2 aromatic carbocycles. The molecule has 5 heteroatoms. The standard InChI is InChI=1S/C18H20N2O3/c1-12(2)13-3-5-14(6-4-13)20-18(21)10-19-15-7-8-16-17(9-15)23-11-22-16/h3-9,12,19H,10-11H2,1-2H3,(H,20,21). The predicted octanol–water partition coefficient (Wildman–Crippen LogP) is 3.59. The Morgan fingerprint density at radius 2 is 1.74 bits per heavy atom. The van der Waals surface area contributed by atoms with Gasteiger partial charge in [-0.15, -0.1) is 0 Å². The Morgan fingerprint density at radius 3 is 2.48 bits per heavy atom. The van der Waals surface area contributed by atoms with Crippen LogP contribution in [-0.4, -0.2) is 19.2 Å². The average Bonchev–Trinajstić information content (AvgIpc) is 3.01. The number of nitrogens with one attached hydrogen (secondary N) is 2. The summed E-state index contributed by atoms with van der Waals surface area (Å²) in [5, 5.41) is 5.95.